The van der Waals surface area contributed by atoms with Gasteiger partial charge in [0.2, 0.25) is 0 Å². The van der Waals surface area contributed by atoms with Crippen LogP contribution in [-0.4, -0.2) is 64.8 Å². The molecule has 22 heteroatoms. The van der Waals surface area contributed by atoms with E-state index in [0.717, 1.165) is 30.3 Å². The summed E-state index contributed by atoms with van der Waals surface area (Å²) in [5.74, 6) is -1.58. The number of nitrogens with zero attached hydrogens (tertiary/aromatic N) is 4. The van der Waals surface area contributed by atoms with Crippen LogP contribution in [-0.2, 0) is 44.7 Å². The lowest BCUT2D eigenvalue weighted by Crippen LogP contribution is -2.16. The molecule has 0 heterocycles. The first kappa shape index (κ1) is 32.6. The summed E-state index contributed by atoms with van der Waals surface area (Å²) in [6, 6.07) is 9.25. The van der Waals surface area contributed by atoms with Gasteiger partial charge in [-0.3, -0.25) is 13.7 Å². The highest BCUT2D eigenvalue weighted by Crippen LogP contribution is 2.39. The van der Waals surface area contributed by atoms with E-state index in [4.69, 9.17) is 10.3 Å². The molecular formula is C20H19N5O13S4. The van der Waals surface area contributed by atoms with Gasteiger partial charge in [-0.25, -0.2) is 12.6 Å². The normalized spacial score (nSPS) is 13.2. The zero-order valence-electron chi connectivity index (χ0n) is 20.6. The largest absolute Gasteiger partial charge is 0.506 e. The van der Waals surface area contributed by atoms with Crippen LogP contribution in [0.5, 0.6) is 5.75 Å². The number of aromatic hydroxyl groups is 1. The van der Waals surface area contributed by atoms with Gasteiger partial charge in [0, 0.05) is 6.07 Å². The highest BCUT2D eigenvalue weighted by atomic mass is 32.3. The van der Waals surface area contributed by atoms with Gasteiger partial charge in [0.05, 0.1) is 22.9 Å². The average molecular weight is 666 g/mol. The van der Waals surface area contributed by atoms with E-state index in [-0.39, 0.29) is 22.7 Å². The zero-order valence-corrected chi connectivity index (χ0v) is 23.8. The highest BCUT2D eigenvalue weighted by molar-refractivity contribution is 7.91. The van der Waals surface area contributed by atoms with E-state index in [1.165, 1.54) is 18.2 Å². The molecule has 3 aromatic rings. The quantitative estimate of drug-likeness (QED) is 0.112. The number of hydrogen-bond acceptors (Lipinski definition) is 15. The molecule has 0 aliphatic carbocycles. The molecule has 0 aliphatic rings. The number of sulfone groups is 1. The van der Waals surface area contributed by atoms with Gasteiger partial charge in [0.15, 0.2) is 9.84 Å². The fourth-order valence-electron chi connectivity index (χ4n) is 3.07. The van der Waals surface area contributed by atoms with Gasteiger partial charge in [-0.05, 0) is 36.4 Å². The maximum Gasteiger partial charge on any atom is 0.397 e. The number of rotatable bonds is 11. The number of hydrogen-bond donors (Lipinski definition) is 5. The Kier molecular flexibility index (Phi) is 9.43. The minimum absolute atomic E-state index is 0.161. The Morgan fingerprint density at radius 3 is 1.81 bits per heavy atom. The number of nitrogens with two attached hydrogens (primary N) is 1. The van der Waals surface area contributed by atoms with Gasteiger partial charge >= 0.3 is 10.4 Å². The lowest BCUT2D eigenvalue weighted by Gasteiger charge is -2.08. The van der Waals surface area contributed by atoms with E-state index in [0.29, 0.717) is 6.07 Å². The van der Waals surface area contributed by atoms with Crippen molar-refractivity contribution in [3.05, 3.63) is 54.6 Å². The predicted molar refractivity (Wildman–Crippen MR) is 143 cm³/mol. The fourth-order valence-corrected chi connectivity index (χ4v) is 5.92. The van der Waals surface area contributed by atoms with Gasteiger partial charge in [-0.15, -0.1) is 20.5 Å². The molecule has 3 aromatic carbocycles. The molecule has 6 N–H and O–H groups in total. The summed E-state index contributed by atoms with van der Waals surface area (Å²) in [6.07, 6.45) is 0. The third-order valence-corrected chi connectivity index (χ3v) is 8.88. The lowest BCUT2D eigenvalue weighted by atomic mass is 10.2. The second kappa shape index (κ2) is 12.1. The SMILES string of the molecule is Nc1cc(O)c(/N=N/c2ccc(S(=O)(=O)CCOS(=O)(=O)O)cc2S(=O)(=O)O)cc1/N=N/c1ccccc1S(=O)(=O)O. The molecule has 0 atom stereocenters. The first-order chi connectivity index (χ1) is 19.3. The third kappa shape index (κ3) is 8.56. The van der Waals surface area contributed by atoms with Gasteiger partial charge < -0.3 is 10.8 Å². The Morgan fingerprint density at radius 1 is 0.667 bits per heavy atom. The van der Waals surface area contributed by atoms with Crippen LogP contribution in [0.1, 0.15) is 0 Å². The van der Waals surface area contributed by atoms with E-state index in [1.54, 1.807) is 0 Å². The number of anilines is 1. The summed E-state index contributed by atoms with van der Waals surface area (Å²) in [5.41, 5.74) is 4.25. The summed E-state index contributed by atoms with van der Waals surface area (Å²) in [5, 5.41) is 25.0. The van der Waals surface area contributed by atoms with Gasteiger partial charge in [0.25, 0.3) is 20.2 Å². The molecule has 0 aliphatic heterocycles. The van der Waals surface area contributed by atoms with Crippen molar-refractivity contribution in [2.75, 3.05) is 18.1 Å². The summed E-state index contributed by atoms with van der Waals surface area (Å²) in [6.45, 7) is -0.999. The maximum absolute atomic E-state index is 12.4. The molecule has 0 saturated carbocycles. The molecule has 0 bridgehead atoms. The molecular weight excluding hydrogens is 647 g/mol. The number of phenolic OH excluding ortho intramolecular Hbond substituents is 1. The molecule has 226 valence electrons. The summed E-state index contributed by atoms with van der Waals surface area (Å²) in [7, 11) is -19.1. The Morgan fingerprint density at radius 2 is 1.21 bits per heavy atom. The Hall–Kier alpha value is -3.90. The summed E-state index contributed by atoms with van der Waals surface area (Å²) < 4.78 is 125. The number of benzene rings is 3. The Balaban J connectivity index is 1.99. The molecule has 0 saturated heterocycles. The van der Waals surface area contributed by atoms with Crippen molar-refractivity contribution in [1.29, 1.82) is 0 Å². The molecule has 18 nitrogen and oxygen atoms in total. The van der Waals surface area contributed by atoms with Crippen molar-refractivity contribution in [2.45, 2.75) is 14.7 Å². The van der Waals surface area contributed by atoms with Crippen LogP contribution in [0.3, 0.4) is 0 Å². The standard InChI is InChI=1S/C20H19N5O13S4/c21-13-10-18(26)17(11-16(13)24-22-14-3-1-2-4-19(14)40(29,30)31)25-23-15-6-5-12(9-20(15)41(32,33)34)39(27,28)8-7-38-42(35,36)37/h1-6,9-11,26H,7-8,21H2,(H,29,30,31)(H,32,33,34)(H,35,36,37)/b24-22+,25-23+. The van der Waals surface area contributed by atoms with Gasteiger partial charge in [0.1, 0.15) is 38.3 Å². The average Bonchev–Trinajstić information content (AvgIpc) is 2.85. The van der Waals surface area contributed by atoms with Crippen LogP contribution in [0.15, 0.2) is 89.7 Å². The van der Waals surface area contributed by atoms with Gasteiger partial charge in [-0.1, -0.05) is 12.1 Å². The zero-order chi connectivity index (χ0) is 31.5. The minimum atomic E-state index is -5.12. The van der Waals surface area contributed by atoms with Crippen LogP contribution in [0, 0.1) is 0 Å². The maximum atomic E-state index is 12.4. The first-order valence-electron chi connectivity index (χ1n) is 10.8. The number of nitrogen functional groups attached to an aromatic ring is 1. The Bertz CT molecular complexity index is 2030. The Labute approximate surface area is 238 Å². The monoisotopic (exact) mass is 665 g/mol. The van der Waals surface area contributed by atoms with E-state index in [2.05, 4.69) is 24.6 Å². The molecule has 42 heavy (non-hydrogen) atoms. The minimum Gasteiger partial charge on any atom is -0.506 e. The van der Waals surface area contributed by atoms with Crippen LogP contribution >= 0.6 is 0 Å². The van der Waals surface area contributed by atoms with Crippen molar-refractivity contribution < 1.29 is 56.6 Å². The summed E-state index contributed by atoms with van der Waals surface area (Å²) >= 11 is 0. The smallest absolute Gasteiger partial charge is 0.397 e. The number of azo groups is 2. The van der Waals surface area contributed by atoms with E-state index in [9.17, 15) is 47.9 Å². The summed E-state index contributed by atoms with van der Waals surface area (Å²) in [4.78, 5) is -2.27. The van der Waals surface area contributed by atoms with Crippen LogP contribution in [0.4, 0.5) is 28.4 Å². The first-order valence-corrected chi connectivity index (χ1v) is 16.7. The third-order valence-electron chi connectivity index (χ3n) is 4.95. The van der Waals surface area contributed by atoms with Crippen molar-refractivity contribution in [2.24, 2.45) is 20.5 Å². The molecule has 0 spiro atoms. The lowest BCUT2D eigenvalue weighted by molar-refractivity contribution is 0.284. The van der Waals surface area contributed by atoms with Crippen molar-refractivity contribution in [3.8, 4) is 5.75 Å². The predicted octanol–water partition coefficient (Wildman–Crippen LogP) is 2.89. The highest BCUT2D eigenvalue weighted by Gasteiger charge is 2.23. The second-order valence-corrected chi connectivity index (χ2v) is 13.9. The number of phenols is 1. The molecule has 0 amide bonds. The molecule has 0 aromatic heterocycles. The van der Waals surface area contributed by atoms with Gasteiger partial charge in [-0.2, -0.15) is 25.3 Å². The van der Waals surface area contributed by atoms with Crippen LogP contribution in [0.2, 0.25) is 0 Å². The van der Waals surface area contributed by atoms with Crippen molar-refractivity contribution >= 4 is 68.9 Å². The molecule has 3 rings (SSSR count). The fraction of sp³-hybridized carbons (Fsp3) is 0.100. The van der Waals surface area contributed by atoms with Crippen LogP contribution < -0.4 is 5.73 Å². The van der Waals surface area contributed by atoms with Crippen LogP contribution in [0.25, 0.3) is 0 Å². The van der Waals surface area contributed by atoms with Crippen molar-refractivity contribution in [1.82, 2.24) is 0 Å². The van der Waals surface area contributed by atoms with Crippen molar-refractivity contribution in [3.63, 3.8) is 0 Å². The molecule has 0 unspecified atom stereocenters. The molecule has 0 fully saturated rings. The second-order valence-electron chi connectivity index (χ2n) is 7.92. The van der Waals surface area contributed by atoms with E-state index >= 15 is 0 Å². The van der Waals surface area contributed by atoms with E-state index in [1.807, 2.05) is 0 Å². The molecule has 0 radical (unpaired) electrons. The topological polar surface area (TPSA) is 302 Å². The van der Waals surface area contributed by atoms with E-state index < -0.39 is 79.0 Å².